The quantitative estimate of drug-likeness (QED) is 0.526. The van der Waals surface area contributed by atoms with Gasteiger partial charge in [-0.3, -0.25) is 14.5 Å². The zero-order chi connectivity index (χ0) is 20.2. The Balaban J connectivity index is 1.47. The first-order valence-electron chi connectivity index (χ1n) is 9.75. The van der Waals surface area contributed by atoms with Gasteiger partial charge < -0.3 is 5.32 Å². The minimum absolute atomic E-state index is 0.201. The maximum atomic E-state index is 13.4. The third-order valence-electron chi connectivity index (χ3n) is 6.05. The van der Waals surface area contributed by atoms with Crippen LogP contribution in [0.15, 0.2) is 48.5 Å². The maximum absolute atomic E-state index is 13.4. The molecular weight excluding hydrogens is 384 g/mol. The number of Topliss-reactive ketones (excluding diaryl/α,β-unsaturated/α-hetero) is 1. The first kappa shape index (κ1) is 18.1. The molecule has 0 bridgehead atoms. The zero-order valence-corrected chi connectivity index (χ0v) is 16.8. The number of carbonyl (C=O) groups excluding carboxylic acids is 3. The number of aryl methyl sites for hydroxylation is 2. The van der Waals surface area contributed by atoms with Crippen molar-refractivity contribution in [3.8, 4) is 0 Å². The molecule has 0 radical (unpaired) electrons. The summed E-state index contributed by atoms with van der Waals surface area (Å²) >= 11 is 1.41. The van der Waals surface area contributed by atoms with Crippen LogP contribution in [-0.4, -0.2) is 29.2 Å². The van der Waals surface area contributed by atoms with Gasteiger partial charge in [-0.15, -0.1) is 11.3 Å². The molecule has 1 N–H and O–H groups in total. The molecule has 5 rings (SSSR count). The van der Waals surface area contributed by atoms with E-state index in [9.17, 15) is 14.4 Å². The summed E-state index contributed by atoms with van der Waals surface area (Å²) in [5.41, 5.74) is 1.81. The number of thiophene rings is 1. The second-order valence-corrected chi connectivity index (χ2v) is 8.77. The summed E-state index contributed by atoms with van der Waals surface area (Å²) in [6.45, 7) is 1.68. The molecule has 3 amide bonds. The van der Waals surface area contributed by atoms with E-state index in [2.05, 4.69) is 5.32 Å². The molecule has 0 saturated carbocycles. The smallest absolute Gasteiger partial charge is 0.319 e. The Morgan fingerprint density at radius 1 is 1.14 bits per heavy atom. The van der Waals surface area contributed by atoms with Gasteiger partial charge in [0.1, 0.15) is 5.54 Å². The minimum atomic E-state index is -1.04. The lowest BCUT2D eigenvalue weighted by Crippen LogP contribution is -2.46. The molecule has 3 aromatic rings. The number of ketones is 1. The number of benzene rings is 2. The molecule has 2 aliphatic rings. The highest BCUT2D eigenvalue weighted by atomic mass is 32.1. The van der Waals surface area contributed by atoms with Crippen molar-refractivity contribution >= 4 is 39.1 Å². The van der Waals surface area contributed by atoms with Crippen LogP contribution in [-0.2, 0) is 16.8 Å². The number of hydrogen-bond donors (Lipinski definition) is 1. The van der Waals surface area contributed by atoms with Crippen molar-refractivity contribution in [1.29, 1.82) is 0 Å². The molecule has 0 unspecified atom stereocenters. The Bertz CT molecular complexity index is 1180. The van der Waals surface area contributed by atoms with Crippen molar-refractivity contribution in [3.05, 3.63) is 70.1 Å². The SMILES string of the molecule is Cc1c(C(=O)CN2C(=O)N[C@]3(CCCc4ccccc43)C2=O)sc2ccccc12. The number of urea groups is 1. The fraction of sp³-hybridized carbons (Fsp3) is 0.261. The predicted molar refractivity (Wildman–Crippen MR) is 112 cm³/mol. The van der Waals surface area contributed by atoms with Gasteiger partial charge in [0.2, 0.25) is 0 Å². The number of amides is 3. The maximum Gasteiger partial charge on any atom is 0.325 e. The number of carbonyl (C=O) groups is 3. The highest BCUT2D eigenvalue weighted by Gasteiger charge is 2.54. The van der Waals surface area contributed by atoms with Crippen LogP contribution >= 0.6 is 11.3 Å². The second kappa shape index (κ2) is 6.52. The van der Waals surface area contributed by atoms with Gasteiger partial charge in [-0.1, -0.05) is 42.5 Å². The van der Waals surface area contributed by atoms with Gasteiger partial charge in [-0.25, -0.2) is 4.79 Å². The molecule has 1 spiro atoms. The van der Waals surface area contributed by atoms with Crippen LogP contribution in [0.4, 0.5) is 4.79 Å². The predicted octanol–water partition coefficient (Wildman–Crippen LogP) is 4.18. The molecule has 2 aromatic carbocycles. The summed E-state index contributed by atoms with van der Waals surface area (Å²) in [6, 6.07) is 15.1. The first-order valence-corrected chi connectivity index (χ1v) is 10.6. The average Bonchev–Trinajstić information content (AvgIpc) is 3.19. The molecule has 5 nitrogen and oxygen atoms in total. The lowest BCUT2D eigenvalue weighted by molar-refractivity contribution is -0.131. The summed E-state index contributed by atoms with van der Waals surface area (Å²) in [5, 5.41) is 3.95. The van der Waals surface area contributed by atoms with Gasteiger partial charge >= 0.3 is 6.03 Å². The number of rotatable bonds is 3. The molecule has 146 valence electrons. The van der Waals surface area contributed by atoms with Crippen LogP contribution in [0.5, 0.6) is 0 Å². The van der Waals surface area contributed by atoms with Gasteiger partial charge in [0.25, 0.3) is 5.91 Å². The highest BCUT2D eigenvalue weighted by molar-refractivity contribution is 7.21. The van der Waals surface area contributed by atoms with Crippen molar-refractivity contribution in [2.45, 2.75) is 31.7 Å². The van der Waals surface area contributed by atoms with Crippen LogP contribution < -0.4 is 5.32 Å². The molecule has 1 saturated heterocycles. The topological polar surface area (TPSA) is 66.5 Å². The Hall–Kier alpha value is -2.99. The summed E-state index contributed by atoms with van der Waals surface area (Å²) < 4.78 is 1.03. The van der Waals surface area contributed by atoms with Crippen molar-refractivity contribution in [2.75, 3.05) is 6.54 Å². The van der Waals surface area contributed by atoms with Crippen molar-refractivity contribution in [2.24, 2.45) is 0 Å². The second-order valence-electron chi connectivity index (χ2n) is 7.71. The minimum Gasteiger partial charge on any atom is -0.319 e. The summed E-state index contributed by atoms with van der Waals surface area (Å²) in [6.07, 6.45) is 2.27. The number of fused-ring (bicyclic) bond motifs is 3. The van der Waals surface area contributed by atoms with Crippen molar-refractivity contribution in [3.63, 3.8) is 0 Å². The van der Waals surface area contributed by atoms with Gasteiger partial charge in [-0.05, 0) is 54.3 Å². The third kappa shape index (κ3) is 2.63. The first-order chi connectivity index (χ1) is 14.0. The summed E-state index contributed by atoms with van der Waals surface area (Å²) in [4.78, 5) is 40.8. The Morgan fingerprint density at radius 3 is 2.72 bits per heavy atom. The fourth-order valence-electron chi connectivity index (χ4n) is 4.61. The lowest BCUT2D eigenvalue weighted by atomic mass is 9.76. The van der Waals surface area contributed by atoms with E-state index in [4.69, 9.17) is 0 Å². The van der Waals surface area contributed by atoms with Crippen LogP contribution in [0.2, 0.25) is 0 Å². The van der Waals surface area contributed by atoms with E-state index < -0.39 is 11.6 Å². The van der Waals surface area contributed by atoms with Crippen molar-refractivity contribution < 1.29 is 14.4 Å². The Labute approximate surface area is 172 Å². The molecule has 29 heavy (non-hydrogen) atoms. The van der Waals surface area contributed by atoms with Crippen LogP contribution in [0, 0.1) is 6.92 Å². The van der Waals surface area contributed by atoms with E-state index in [0.717, 1.165) is 44.5 Å². The molecule has 1 atom stereocenters. The van der Waals surface area contributed by atoms with E-state index in [1.165, 1.54) is 11.3 Å². The van der Waals surface area contributed by atoms with Crippen molar-refractivity contribution in [1.82, 2.24) is 10.2 Å². The average molecular weight is 404 g/mol. The van der Waals surface area contributed by atoms with Gasteiger partial charge in [0, 0.05) is 4.70 Å². The van der Waals surface area contributed by atoms with Gasteiger partial charge in [0.15, 0.2) is 5.78 Å². The third-order valence-corrected chi connectivity index (χ3v) is 7.36. The number of nitrogens with one attached hydrogen (secondary N) is 1. The molecule has 1 aliphatic heterocycles. The van der Waals surface area contributed by atoms with Gasteiger partial charge in [0.05, 0.1) is 11.4 Å². The van der Waals surface area contributed by atoms with E-state index in [1.54, 1.807) is 0 Å². The largest absolute Gasteiger partial charge is 0.325 e. The van der Waals surface area contributed by atoms with E-state index >= 15 is 0 Å². The number of hydrogen-bond acceptors (Lipinski definition) is 4. The molecule has 1 aliphatic carbocycles. The number of nitrogens with zero attached hydrogens (tertiary/aromatic N) is 1. The standard InChI is InChI=1S/C23H20N2O3S/c1-14-16-9-3-5-11-19(16)29-20(14)18(26)13-25-21(27)23(24-22(25)28)12-6-8-15-7-2-4-10-17(15)23/h2-5,7,9-11H,6,8,12-13H2,1H3,(H,24,28)/t23-/m0/s1. The fourth-order valence-corrected chi connectivity index (χ4v) is 5.75. The Morgan fingerprint density at radius 2 is 1.90 bits per heavy atom. The lowest BCUT2D eigenvalue weighted by Gasteiger charge is -2.33. The molecule has 2 heterocycles. The van der Waals surface area contributed by atoms with E-state index in [1.807, 2.05) is 55.5 Å². The molecule has 6 heteroatoms. The zero-order valence-electron chi connectivity index (χ0n) is 16.0. The van der Waals surface area contributed by atoms with Crippen LogP contribution in [0.25, 0.3) is 10.1 Å². The monoisotopic (exact) mass is 404 g/mol. The number of imide groups is 1. The molecule has 1 aromatic heterocycles. The summed E-state index contributed by atoms with van der Waals surface area (Å²) in [7, 11) is 0. The Kier molecular flexibility index (Phi) is 4.06. The highest BCUT2D eigenvalue weighted by Crippen LogP contribution is 2.40. The van der Waals surface area contributed by atoms with Gasteiger partial charge in [-0.2, -0.15) is 0 Å². The molecular formula is C23H20N2O3S. The summed E-state index contributed by atoms with van der Waals surface area (Å²) in [5.74, 6) is -0.518. The van der Waals surface area contributed by atoms with E-state index in [0.29, 0.717) is 11.3 Å². The van der Waals surface area contributed by atoms with E-state index in [-0.39, 0.29) is 18.2 Å². The molecule has 1 fully saturated rings. The normalized spacial score (nSPS) is 20.9. The van der Waals surface area contributed by atoms with Crippen LogP contribution in [0.1, 0.15) is 39.2 Å². The van der Waals surface area contributed by atoms with Crippen LogP contribution in [0.3, 0.4) is 0 Å².